The lowest BCUT2D eigenvalue weighted by atomic mass is 10.0. The van der Waals surface area contributed by atoms with Crippen LogP contribution in [0.15, 0.2) is 0 Å². The lowest BCUT2D eigenvalue weighted by Gasteiger charge is -2.26. The topological polar surface area (TPSA) is 40.5 Å². The summed E-state index contributed by atoms with van der Waals surface area (Å²) < 4.78 is 0. The summed E-state index contributed by atoms with van der Waals surface area (Å²) in [6, 6.07) is 0.0850. The number of likely N-dealkylation sites (tertiary alicyclic amines) is 1. The third kappa shape index (κ3) is 2.47. The van der Waals surface area contributed by atoms with Gasteiger partial charge in [0.15, 0.2) is 0 Å². The van der Waals surface area contributed by atoms with Crippen molar-refractivity contribution in [1.29, 1.82) is 0 Å². The van der Waals surface area contributed by atoms with Crippen LogP contribution in [0.1, 0.15) is 39.5 Å². The molecule has 1 unspecified atom stereocenters. The maximum absolute atomic E-state index is 11.9. The van der Waals surface area contributed by atoms with E-state index in [1.54, 1.807) is 0 Å². The van der Waals surface area contributed by atoms with Crippen LogP contribution in [0.3, 0.4) is 0 Å². The highest BCUT2D eigenvalue weighted by atomic mass is 16.3. The van der Waals surface area contributed by atoms with E-state index < -0.39 is 0 Å². The molecule has 1 N–H and O–H groups in total. The van der Waals surface area contributed by atoms with E-state index in [1.165, 1.54) is 0 Å². The third-order valence-corrected chi connectivity index (χ3v) is 3.01. The van der Waals surface area contributed by atoms with Gasteiger partial charge in [0.25, 0.3) is 0 Å². The predicted molar refractivity (Wildman–Crippen MR) is 55.9 cm³/mol. The molecular formula is C11H21NO2. The molecule has 0 radical (unpaired) electrons. The van der Waals surface area contributed by atoms with Gasteiger partial charge >= 0.3 is 0 Å². The van der Waals surface area contributed by atoms with Crippen molar-refractivity contribution in [1.82, 2.24) is 4.90 Å². The molecule has 1 rings (SSSR count). The first kappa shape index (κ1) is 11.5. The van der Waals surface area contributed by atoms with Crippen molar-refractivity contribution in [3.8, 4) is 0 Å². The number of carbonyl (C=O) groups excluding carboxylic acids is 1. The molecule has 82 valence electrons. The van der Waals surface area contributed by atoms with Crippen molar-refractivity contribution in [3.63, 3.8) is 0 Å². The summed E-state index contributed by atoms with van der Waals surface area (Å²) in [6.45, 7) is 5.03. The molecule has 0 saturated carbocycles. The van der Waals surface area contributed by atoms with E-state index in [2.05, 4.69) is 6.92 Å². The number of aliphatic hydroxyl groups is 1. The van der Waals surface area contributed by atoms with Crippen molar-refractivity contribution >= 4 is 5.91 Å². The summed E-state index contributed by atoms with van der Waals surface area (Å²) in [6.07, 6.45) is 3.99. The molecule has 1 amide bonds. The molecule has 1 fully saturated rings. The van der Waals surface area contributed by atoms with Gasteiger partial charge in [-0.05, 0) is 19.3 Å². The second kappa shape index (κ2) is 5.35. The standard InChI is InChI=1S/C11H21NO2/c1-3-5-9(2)11(14)12-7-4-6-10(12)8-13/h9-10,13H,3-8H2,1-2H3/t9?,10-/m1/s1. The van der Waals surface area contributed by atoms with Gasteiger partial charge in [0.05, 0.1) is 12.6 Å². The van der Waals surface area contributed by atoms with E-state index in [0.717, 1.165) is 32.2 Å². The number of carbonyl (C=O) groups is 1. The maximum Gasteiger partial charge on any atom is 0.225 e. The number of aliphatic hydroxyl groups excluding tert-OH is 1. The first-order chi connectivity index (χ1) is 6.70. The van der Waals surface area contributed by atoms with Gasteiger partial charge in [0.1, 0.15) is 0 Å². The molecule has 0 spiro atoms. The molecule has 0 aromatic heterocycles. The van der Waals surface area contributed by atoms with Crippen LogP contribution in [0.4, 0.5) is 0 Å². The predicted octanol–water partition coefficient (Wildman–Crippen LogP) is 1.41. The van der Waals surface area contributed by atoms with Gasteiger partial charge in [-0.1, -0.05) is 20.3 Å². The van der Waals surface area contributed by atoms with Crippen molar-refractivity contribution in [2.75, 3.05) is 13.2 Å². The Bertz CT molecular complexity index is 194. The lowest BCUT2D eigenvalue weighted by Crippen LogP contribution is -2.40. The van der Waals surface area contributed by atoms with Crippen LogP contribution in [0.5, 0.6) is 0 Å². The van der Waals surface area contributed by atoms with Gasteiger partial charge in [0, 0.05) is 12.5 Å². The third-order valence-electron chi connectivity index (χ3n) is 3.01. The van der Waals surface area contributed by atoms with Crippen LogP contribution < -0.4 is 0 Å². The molecule has 0 bridgehead atoms. The van der Waals surface area contributed by atoms with Gasteiger partial charge in [-0.15, -0.1) is 0 Å². The molecule has 1 aliphatic rings. The highest BCUT2D eigenvalue weighted by Gasteiger charge is 2.30. The van der Waals surface area contributed by atoms with Crippen LogP contribution in [0.25, 0.3) is 0 Å². The van der Waals surface area contributed by atoms with E-state index in [-0.39, 0.29) is 24.5 Å². The van der Waals surface area contributed by atoms with E-state index >= 15 is 0 Å². The molecule has 2 atom stereocenters. The average molecular weight is 199 g/mol. The molecule has 0 aromatic carbocycles. The van der Waals surface area contributed by atoms with Gasteiger partial charge in [-0.2, -0.15) is 0 Å². The van der Waals surface area contributed by atoms with E-state index in [0.29, 0.717) is 0 Å². The summed E-state index contributed by atoms with van der Waals surface area (Å²) in [4.78, 5) is 13.8. The highest BCUT2D eigenvalue weighted by Crippen LogP contribution is 2.20. The summed E-state index contributed by atoms with van der Waals surface area (Å²) in [5.74, 6) is 0.343. The quantitative estimate of drug-likeness (QED) is 0.743. The second-order valence-corrected chi connectivity index (χ2v) is 4.20. The maximum atomic E-state index is 11.9. The Morgan fingerprint density at radius 2 is 2.36 bits per heavy atom. The Morgan fingerprint density at radius 1 is 1.64 bits per heavy atom. The molecule has 3 nitrogen and oxygen atoms in total. The van der Waals surface area contributed by atoms with Crippen molar-refractivity contribution in [2.45, 2.75) is 45.6 Å². The first-order valence-electron chi connectivity index (χ1n) is 5.62. The summed E-state index contributed by atoms with van der Waals surface area (Å²) >= 11 is 0. The fourth-order valence-corrected chi connectivity index (χ4v) is 2.16. The normalized spacial score (nSPS) is 23.9. The van der Waals surface area contributed by atoms with Crippen LogP contribution in [-0.2, 0) is 4.79 Å². The molecule has 3 heteroatoms. The molecule has 0 aromatic rings. The monoisotopic (exact) mass is 199 g/mol. The fraction of sp³-hybridized carbons (Fsp3) is 0.909. The Kier molecular flexibility index (Phi) is 4.39. The van der Waals surface area contributed by atoms with Gasteiger partial charge in [-0.3, -0.25) is 4.79 Å². The van der Waals surface area contributed by atoms with Crippen LogP contribution in [0.2, 0.25) is 0 Å². The van der Waals surface area contributed by atoms with Gasteiger partial charge in [-0.25, -0.2) is 0 Å². The molecule has 1 aliphatic heterocycles. The number of rotatable bonds is 4. The van der Waals surface area contributed by atoms with Crippen molar-refractivity contribution < 1.29 is 9.90 Å². The number of nitrogens with zero attached hydrogens (tertiary/aromatic N) is 1. The van der Waals surface area contributed by atoms with E-state index in [4.69, 9.17) is 5.11 Å². The second-order valence-electron chi connectivity index (χ2n) is 4.20. The minimum atomic E-state index is 0.0850. The first-order valence-corrected chi connectivity index (χ1v) is 5.62. The van der Waals surface area contributed by atoms with Crippen molar-refractivity contribution in [3.05, 3.63) is 0 Å². The zero-order valence-electron chi connectivity index (χ0n) is 9.20. The number of hydrogen-bond donors (Lipinski definition) is 1. The summed E-state index contributed by atoms with van der Waals surface area (Å²) in [5, 5.41) is 9.10. The van der Waals surface area contributed by atoms with Crippen LogP contribution in [-0.4, -0.2) is 35.1 Å². The zero-order chi connectivity index (χ0) is 10.6. The molecule has 14 heavy (non-hydrogen) atoms. The van der Waals surface area contributed by atoms with Gasteiger partial charge in [0.2, 0.25) is 5.91 Å². The zero-order valence-corrected chi connectivity index (χ0v) is 9.20. The highest BCUT2D eigenvalue weighted by molar-refractivity contribution is 5.79. The van der Waals surface area contributed by atoms with Crippen LogP contribution >= 0.6 is 0 Å². The number of amides is 1. The Hall–Kier alpha value is -0.570. The van der Waals surface area contributed by atoms with Crippen molar-refractivity contribution in [2.24, 2.45) is 5.92 Å². The minimum absolute atomic E-state index is 0.0850. The SMILES string of the molecule is CCCC(C)C(=O)N1CCC[C@@H]1CO. The Morgan fingerprint density at radius 3 is 2.93 bits per heavy atom. The lowest BCUT2D eigenvalue weighted by molar-refractivity contribution is -0.136. The Balaban J connectivity index is 2.50. The Labute approximate surface area is 86.1 Å². The van der Waals surface area contributed by atoms with E-state index in [1.807, 2.05) is 11.8 Å². The molecule has 1 heterocycles. The summed E-state index contributed by atoms with van der Waals surface area (Å²) in [7, 11) is 0. The van der Waals surface area contributed by atoms with Crippen LogP contribution in [0, 0.1) is 5.92 Å². The largest absolute Gasteiger partial charge is 0.394 e. The smallest absolute Gasteiger partial charge is 0.225 e. The van der Waals surface area contributed by atoms with E-state index in [9.17, 15) is 4.79 Å². The average Bonchev–Trinajstić information content (AvgIpc) is 2.64. The molecule has 0 aliphatic carbocycles. The minimum Gasteiger partial charge on any atom is -0.394 e. The molecular weight excluding hydrogens is 178 g/mol. The number of hydrogen-bond acceptors (Lipinski definition) is 2. The summed E-state index contributed by atoms with van der Waals surface area (Å²) in [5.41, 5.74) is 0. The fourth-order valence-electron chi connectivity index (χ4n) is 2.16. The van der Waals surface area contributed by atoms with Gasteiger partial charge < -0.3 is 10.0 Å². The molecule has 1 saturated heterocycles.